The Morgan fingerprint density at radius 1 is 1.33 bits per heavy atom. The first-order valence-corrected chi connectivity index (χ1v) is 8.21. The molecule has 2 rings (SSSR count). The summed E-state index contributed by atoms with van der Waals surface area (Å²) in [6.07, 6.45) is 5.28. The number of aryl methyl sites for hydroxylation is 1. The summed E-state index contributed by atoms with van der Waals surface area (Å²) in [7, 11) is 0. The van der Waals surface area contributed by atoms with Crippen molar-refractivity contribution in [3.05, 3.63) is 21.9 Å². The first-order chi connectivity index (χ1) is 8.79. The van der Waals surface area contributed by atoms with Gasteiger partial charge < -0.3 is 10.2 Å². The van der Waals surface area contributed by atoms with Gasteiger partial charge in [0.2, 0.25) is 0 Å². The maximum absolute atomic E-state index is 3.75. The molecule has 1 saturated heterocycles. The van der Waals surface area contributed by atoms with Crippen LogP contribution in [0.1, 0.15) is 43.7 Å². The smallest absolute Gasteiger partial charge is 0.0218 e. The molecule has 0 radical (unpaired) electrons. The molecule has 1 aliphatic rings. The van der Waals surface area contributed by atoms with Crippen LogP contribution >= 0.6 is 11.3 Å². The number of hydrogen-bond acceptors (Lipinski definition) is 3. The van der Waals surface area contributed by atoms with Crippen molar-refractivity contribution in [1.82, 2.24) is 10.2 Å². The highest BCUT2D eigenvalue weighted by Crippen LogP contribution is 2.16. The number of rotatable bonds is 5. The van der Waals surface area contributed by atoms with E-state index < -0.39 is 0 Å². The average Bonchev–Trinajstić information content (AvgIpc) is 2.63. The van der Waals surface area contributed by atoms with Gasteiger partial charge in [-0.1, -0.05) is 6.92 Å². The van der Waals surface area contributed by atoms with Gasteiger partial charge in [-0.25, -0.2) is 0 Å². The van der Waals surface area contributed by atoms with Crippen LogP contribution in [-0.4, -0.2) is 30.6 Å². The van der Waals surface area contributed by atoms with E-state index in [4.69, 9.17) is 0 Å². The van der Waals surface area contributed by atoms with Gasteiger partial charge in [0.15, 0.2) is 0 Å². The van der Waals surface area contributed by atoms with Crippen LogP contribution in [0.4, 0.5) is 0 Å². The van der Waals surface area contributed by atoms with E-state index in [1.165, 1.54) is 56.4 Å². The van der Waals surface area contributed by atoms with Crippen molar-refractivity contribution >= 4 is 11.3 Å². The molecular weight excluding hydrogens is 240 g/mol. The zero-order valence-corrected chi connectivity index (χ0v) is 12.6. The Labute approximate surface area is 115 Å². The summed E-state index contributed by atoms with van der Waals surface area (Å²) in [5, 5.41) is 8.27. The van der Waals surface area contributed by atoms with Crippen molar-refractivity contribution in [2.75, 3.05) is 19.6 Å². The average molecular weight is 266 g/mol. The second-order valence-corrected chi connectivity index (χ2v) is 6.17. The van der Waals surface area contributed by atoms with Crippen molar-refractivity contribution in [2.45, 2.75) is 52.1 Å². The molecule has 0 bridgehead atoms. The molecule has 0 amide bonds. The molecule has 3 heteroatoms. The molecule has 1 unspecified atom stereocenters. The Bertz CT molecular complexity index is 348. The molecule has 0 saturated carbocycles. The fraction of sp³-hybridized carbons (Fsp3) is 0.733. The zero-order valence-electron chi connectivity index (χ0n) is 11.7. The Morgan fingerprint density at radius 2 is 2.22 bits per heavy atom. The molecule has 1 N–H and O–H groups in total. The summed E-state index contributed by atoms with van der Waals surface area (Å²) in [5.41, 5.74) is 2.92. The van der Waals surface area contributed by atoms with Gasteiger partial charge in [-0.2, -0.15) is 11.3 Å². The summed E-state index contributed by atoms with van der Waals surface area (Å²) >= 11 is 1.82. The lowest BCUT2D eigenvalue weighted by Gasteiger charge is -2.19. The Kier molecular flexibility index (Phi) is 5.67. The van der Waals surface area contributed by atoms with Crippen LogP contribution in [0.2, 0.25) is 0 Å². The second kappa shape index (κ2) is 7.27. The third-order valence-electron chi connectivity index (χ3n) is 3.90. The molecule has 0 spiro atoms. The predicted molar refractivity (Wildman–Crippen MR) is 80.3 cm³/mol. The van der Waals surface area contributed by atoms with Gasteiger partial charge in [0.25, 0.3) is 0 Å². The maximum atomic E-state index is 3.75. The molecule has 2 heterocycles. The SMILES string of the molecule is CCCN1CCCC(NCc2cscc2C)CC1. The van der Waals surface area contributed by atoms with Crippen LogP contribution < -0.4 is 5.32 Å². The molecule has 1 atom stereocenters. The topological polar surface area (TPSA) is 15.3 Å². The summed E-state index contributed by atoms with van der Waals surface area (Å²) in [6.45, 7) is 9.38. The van der Waals surface area contributed by atoms with Crippen molar-refractivity contribution in [3.63, 3.8) is 0 Å². The molecule has 1 aliphatic heterocycles. The van der Waals surface area contributed by atoms with Crippen LogP contribution in [0, 0.1) is 6.92 Å². The predicted octanol–water partition coefficient (Wildman–Crippen LogP) is 3.41. The van der Waals surface area contributed by atoms with E-state index in [1.54, 1.807) is 0 Å². The minimum Gasteiger partial charge on any atom is -0.310 e. The van der Waals surface area contributed by atoms with Crippen LogP contribution in [0.5, 0.6) is 0 Å². The van der Waals surface area contributed by atoms with E-state index in [-0.39, 0.29) is 0 Å². The fourth-order valence-corrected chi connectivity index (χ4v) is 3.58. The summed E-state index contributed by atoms with van der Waals surface area (Å²) < 4.78 is 0. The number of hydrogen-bond donors (Lipinski definition) is 1. The first-order valence-electron chi connectivity index (χ1n) is 7.27. The van der Waals surface area contributed by atoms with Crippen LogP contribution in [0.3, 0.4) is 0 Å². The Hall–Kier alpha value is -0.380. The lowest BCUT2D eigenvalue weighted by molar-refractivity contribution is 0.282. The molecule has 1 aromatic heterocycles. The van der Waals surface area contributed by atoms with Crippen molar-refractivity contribution in [1.29, 1.82) is 0 Å². The van der Waals surface area contributed by atoms with E-state index in [0.717, 1.165) is 6.54 Å². The highest BCUT2D eigenvalue weighted by Gasteiger charge is 2.16. The standard InChI is InChI=1S/C15H26N2S/c1-3-7-17-8-4-5-15(6-9-17)16-10-14-12-18-11-13(14)2/h11-12,15-16H,3-10H2,1-2H3. The van der Waals surface area contributed by atoms with Gasteiger partial charge in [-0.15, -0.1) is 0 Å². The van der Waals surface area contributed by atoms with Gasteiger partial charge in [-0.05, 0) is 74.1 Å². The van der Waals surface area contributed by atoms with E-state index >= 15 is 0 Å². The molecule has 102 valence electrons. The molecule has 0 aliphatic carbocycles. The second-order valence-electron chi connectivity index (χ2n) is 5.43. The first kappa shape index (κ1) is 14.0. The molecular formula is C15H26N2S. The van der Waals surface area contributed by atoms with Crippen molar-refractivity contribution in [3.8, 4) is 0 Å². The third-order valence-corrected chi connectivity index (χ3v) is 4.81. The number of nitrogens with zero attached hydrogens (tertiary/aromatic N) is 1. The summed E-state index contributed by atoms with van der Waals surface area (Å²) in [5.74, 6) is 0. The van der Waals surface area contributed by atoms with E-state index in [9.17, 15) is 0 Å². The van der Waals surface area contributed by atoms with Crippen LogP contribution in [0.25, 0.3) is 0 Å². The van der Waals surface area contributed by atoms with E-state index in [2.05, 4.69) is 34.8 Å². The van der Waals surface area contributed by atoms with Crippen molar-refractivity contribution < 1.29 is 0 Å². The lowest BCUT2D eigenvalue weighted by atomic mass is 10.1. The Morgan fingerprint density at radius 3 is 2.94 bits per heavy atom. The minimum atomic E-state index is 0.714. The number of thiophene rings is 1. The van der Waals surface area contributed by atoms with E-state index in [0.29, 0.717) is 6.04 Å². The van der Waals surface area contributed by atoms with Gasteiger partial charge >= 0.3 is 0 Å². The monoisotopic (exact) mass is 266 g/mol. The van der Waals surface area contributed by atoms with Crippen LogP contribution in [-0.2, 0) is 6.54 Å². The highest BCUT2D eigenvalue weighted by atomic mass is 32.1. The number of likely N-dealkylation sites (tertiary alicyclic amines) is 1. The normalized spacial score (nSPS) is 22.0. The molecule has 18 heavy (non-hydrogen) atoms. The number of nitrogens with one attached hydrogen (secondary N) is 1. The van der Waals surface area contributed by atoms with Crippen molar-refractivity contribution in [2.24, 2.45) is 0 Å². The minimum absolute atomic E-state index is 0.714. The van der Waals surface area contributed by atoms with Gasteiger partial charge in [0.05, 0.1) is 0 Å². The lowest BCUT2D eigenvalue weighted by Crippen LogP contribution is -2.31. The van der Waals surface area contributed by atoms with Crippen LogP contribution in [0.15, 0.2) is 10.8 Å². The van der Waals surface area contributed by atoms with Gasteiger partial charge in [0.1, 0.15) is 0 Å². The quantitative estimate of drug-likeness (QED) is 0.878. The fourth-order valence-electron chi connectivity index (χ4n) is 2.72. The Balaban J connectivity index is 1.75. The maximum Gasteiger partial charge on any atom is 0.0218 e. The zero-order chi connectivity index (χ0) is 12.8. The highest BCUT2D eigenvalue weighted by molar-refractivity contribution is 7.08. The third kappa shape index (κ3) is 4.08. The molecule has 0 aromatic carbocycles. The van der Waals surface area contributed by atoms with Gasteiger partial charge in [-0.3, -0.25) is 0 Å². The molecule has 2 nitrogen and oxygen atoms in total. The largest absolute Gasteiger partial charge is 0.310 e. The molecule has 1 fully saturated rings. The van der Waals surface area contributed by atoms with E-state index in [1.807, 2.05) is 11.3 Å². The molecule has 1 aromatic rings. The van der Waals surface area contributed by atoms with Gasteiger partial charge in [0, 0.05) is 12.6 Å². The summed E-state index contributed by atoms with van der Waals surface area (Å²) in [4.78, 5) is 2.62. The summed E-state index contributed by atoms with van der Waals surface area (Å²) in [6, 6.07) is 0.714.